The zero-order valence-corrected chi connectivity index (χ0v) is 15.3. The van der Waals surface area contributed by atoms with Crippen molar-refractivity contribution in [1.82, 2.24) is 15.1 Å². The van der Waals surface area contributed by atoms with Crippen LogP contribution < -0.4 is 5.32 Å². The number of rotatable bonds is 6. The first-order chi connectivity index (χ1) is 12.0. The van der Waals surface area contributed by atoms with Crippen LogP contribution in [0.5, 0.6) is 0 Å². The topological polar surface area (TPSA) is 75.2 Å². The van der Waals surface area contributed by atoms with Gasteiger partial charge in [-0.25, -0.2) is 0 Å². The largest absolute Gasteiger partial charge is 0.342 e. The zero-order chi connectivity index (χ0) is 17.8. The Morgan fingerprint density at radius 1 is 1.32 bits per heavy atom. The Morgan fingerprint density at radius 2 is 2.08 bits per heavy atom. The van der Waals surface area contributed by atoms with Gasteiger partial charge in [0.2, 0.25) is 16.9 Å². The van der Waals surface area contributed by atoms with Crippen molar-refractivity contribution >= 4 is 28.3 Å². The maximum absolute atomic E-state index is 12.4. The fraction of sp³-hybridized carbons (Fsp3) is 0.444. The van der Waals surface area contributed by atoms with Gasteiger partial charge in [0.25, 0.3) is 0 Å². The summed E-state index contributed by atoms with van der Waals surface area (Å²) >= 11 is 1.38. The van der Waals surface area contributed by atoms with Gasteiger partial charge in [0.05, 0.1) is 5.92 Å². The third-order valence-electron chi connectivity index (χ3n) is 4.26. The highest BCUT2D eigenvalue weighted by atomic mass is 32.1. The van der Waals surface area contributed by atoms with Gasteiger partial charge in [-0.3, -0.25) is 9.59 Å². The molecule has 0 saturated carbocycles. The molecular weight excluding hydrogens is 336 g/mol. The average Bonchev–Trinajstić information content (AvgIpc) is 3.21. The van der Waals surface area contributed by atoms with E-state index in [-0.39, 0.29) is 30.1 Å². The first kappa shape index (κ1) is 17.5. The van der Waals surface area contributed by atoms with Gasteiger partial charge in [-0.05, 0) is 12.0 Å². The Morgan fingerprint density at radius 3 is 2.76 bits per heavy atom. The summed E-state index contributed by atoms with van der Waals surface area (Å²) in [5, 5.41) is 12.3. The van der Waals surface area contributed by atoms with Crippen molar-refractivity contribution < 1.29 is 9.59 Å². The summed E-state index contributed by atoms with van der Waals surface area (Å²) in [6, 6.07) is 10.1. The van der Waals surface area contributed by atoms with Crippen LogP contribution in [0.3, 0.4) is 0 Å². The first-order valence-electron chi connectivity index (χ1n) is 8.49. The molecule has 2 heterocycles. The molecule has 1 aromatic carbocycles. The van der Waals surface area contributed by atoms with Crippen molar-refractivity contribution in [3.8, 4) is 0 Å². The van der Waals surface area contributed by atoms with E-state index in [4.69, 9.17) is 0 Å². The molecule has 132 valence electrons. The molecule has 1 aromatic heterocycles. The molecule has 0 aliphatic carbocycles. The van der Waals surface area contributed by atoms with Crippen LogP contribution in [-0.2, 0) is 16.0 Å². The van der Waals surface area contributed by atoms with Crippen LogP contribution in [0.15, 0.2) is 30.3 Å². The van der Waals surface area contributed by atoms with Crippen molar-refractivity contribution in [3.63, 3.8) is 0 Å². The Labute approximate surface area is 151 Å². The van der Waals surface area contributed by atoms with Crippen molar-refractivity contribution in [2.45, 2.75) is 32.6 Å². The van der Waals surface area contributed by atoms with E-state index in [1.54, 1.807) is 4.90 Å². The standard InChI is InChI=1S/C18H22N4O2S/c1-12(2)17-20-21-18(25-17)19-16(24)14-10-15(23)22(11-14)9-8-13-6-4-3-5-7-13/h3-7,12,14H,8-11H2,1-2H3,(H,19,21,24). The molecule has 6 nitrogen and oxygen atoms in total. The number of carbonyl (C=O) groups excluding carboxylic acids is 2. The smallest absolute Gasteiger partial charge is 0.231 e. The molecule has 2 amide bonds. The van der Waals surface area contributed by atoms with Crippen LogP contribution in [0, 0.1) is 5.92 Å². The number of aromatic nitrogens is 2. The lowest BCUT2D eigenvalue weighted by Crippen LogP contribution is -2.30. The number of carbonyl (C=O) groups is 2. The number of nitrogens with one attached hydrogen (secondary N) is 1. The number of benzene rings is 1. The first-order valence-corrected chi connectivity index (χ1v) is 9.30. The molecule has 1 N–H and O–H groups in total. The quantitative estimate of drug-likeness (QED) is 0.861. The third-order valence-corrected chi connectivity index (χ3v) is 5.40. The van der Waals surface area contributed by atoms with Crippen LogP contribution in [-0.4, -0.2) is 40.0 Å². The van der Waals surface area contributed by atoms with Crippen LogP contribution in [0.4, 0.5) is 5.13 Å². The van der Waals surface area contributed by atoms with Gasteiger partial charge < -0.3 is 10.2 Å². The fourth-order valence-corrected chi connectivity index (χ4v) is 3.55. The molecular formula is C18H22N4O2S. The summed E-state index contributed by atoms with van der Waals surface area (Å²) in [5.41, 5.74) is 1.19. The third kappa shape index (κ3) is 4.42. The molecule has 25 heavy (non-hydrogen) atoms. The molecule has 1 aliphatic heterocycles. The molecule has 0 radical (unpaired) electrons. The minimum atomic E-state index is -0.324. The normalized spacial score (nSPS) is 17.3. The average molecular weight is 358 g/mol. The molecule has 7 heteroatoms. The molecule has 1 saturated heterocycles. The van der Waals surface area contributed by atoms with Crippen molar-refractivity contribution in [2.75, 3.05) is 18.4 Å². The minimum absolute atomic E-state index is 0.0382. The van der Waals surface area contributed by atoms with Gasteiger partial charge in [0, 0.05) is 25.4 Å². The van der Waals surface area contributed by atoms with Crippen LogP contribution >= 0.6 is 11.3 Å². The van der Waals surface area contributed by atoms with Crippen molar-refractivity contribution in [2.24, 2.45) is 5.92 Å². The van der Waals surface area contributed by atoms with E-state index in [9.17, 15) is 9.59 Å². The summed E-state index contributed by atoms with van der Waals surface area (Å²) in [5.74, 6) is -0.155. The van der Waals surface area contributed by atoms with Gasteiger partial charge in [0.15, 0.2) is 0 Å². The van der Waals surface area contributed by atoms with Gasteiger partial charge in [-0.15, -0.1) is 10.2 Å². The zero-order valence-electron chi connectivity index (χ0n) is 14.4. The van der Waals surface area contributed by atoms with E-state index in [1.165, 1.54) is 16.9 Å². The number of likely N-dealkylation sites (tertiary alicyclic amines) is 1. The summed E-state index contributed by atoms with van der Waals surface area (Å²) in [6.07, 6.45) is 1.06. The molecule has 1 aliphatic rings. The van der Waals surface area contributed by atoms with E-state index >= 15 is 0 Å². The minimum Gasteiger partial charge on any atom is -0.342 e. The molecule has 1 unspecified atom stereocenters. The van der Waals surface area contributed by atoms with E-state index in [0.29, 0.717) is 18.2 Å². The summed E-state index contributed by atoms with van der Waals surface area (Å²) in [4.78, 5) is 26.4. The summed E-state index contributed by atoms with van der Waals surface area (Å²) in [6.45, 7) is 5.18. The number of anilines is 1. The van der Waals surface area contributed by atoms with Crippen molar-refractivity contribution in [1.29, 1.82) is 0 Å². The van der Waals surface area contributed by atoms with Gasteiger partial charge >= 0.3 is 0 Å². The Kier molecular flexibility index (Phi) is 5.43. The van der Waals surface area contributed by atoms with E-state index in [1.807, 2.05) is 44.2 Å². The molecule has 0 spiro atoms. The highest BCUT2D eigenvalue weighted by Gasteiger charge is 2.34. The Balaban J connectivity index is 1.53. The molecule has 0 bridgehead atoms. The number of amides is 2. The second kappa shape index (κ2) is 7.74. The lowest BCUT2D eigenvalue weighted by atomic mass is 10.1. The number of nitrogens with zero attached hydrogens (tertiary/aromatic N) is 3. The van der Waals surface area contributed by atoms with Crippen molar-refractivity contribution in [3.05, 3.63) is 40.9 Å². The lowest BCUT2D eigenvalue weighted by molar-refractivity contribution is -0.128. The van der Waals surface area contributed by atoms with E-state index in [2.05, 4.69) is 15.5 Å². The van der Waals surface area contributed by atoms with Crippen LogP contribution in [0.2, 0.25) is 0 Å². The molecule has 1 fully saturated rings. The molecule has 3 rings (SSSR count). The monoisotopic (exact) mass is 358 g/mol. The van der Waals surface area contributed by atoms with Crippen LogP contribution in [0.25, 0.3) is 0 Å². The van der Waals surface area contributed by atoms with Gasteiger partial charge in [-0.1, -0.05) is 55.5 Å². The Hall–Kier alpha value is -2.28. The maximum Gasteiger partial charge on any atom is 0.231 e. The fourth-order valence-electron chi connectivity index (χ4n) is 2.80. The number of hydrogen-bond donors (Lipinski definition) is 1. The SMILES string of the molecule is CC(C)c1nnc(NC(=O)C2CC(=O)N(CCc3ccccc3)C2)s1. The molecule has 1 atom stereocenters. The van der Waals surface area contributed by atoms with Crippen LogP contribution in [0.1, 0.15) is 36.8 Å². The molecule has 2 aromatic rings. The lowest BCUT2D eigenvalue weighted by Gasteiger charge is -2.16. The predicted octanol–water partition coefficient (Wildman–Crippen LogP) is 2.69. The Bertz CT molecular complexity index is 745. The summed E-state index contributed by atoms with van der Waals surface area (Å²) < 4.78 is 0. The van der Waals surface area contributed by atoms with E-state index < -0.39 is 0 Å². The second-order valence-corrected chi connectivity index (χ2v) is 7.57. The summed E-state index contributed by atoms with van der Waals surface area (Å²) in [7, 11) is 0. The van der Waals surface area contributed by atoms with Gasteiger partial charge in [0.1, 0.15) is 5.01 Å². The predicted molar refractivity (Wildman–Crippen MR) is 97.5 cm³/mol. The number of hydrogen-bond acceptors (Lipinski definition) is 5. The second-order valence-electron chi connectivity index (χ2n) is 6.57. The maximum atomic E-state index is 12.4. The highest BCUT2D eigenvalue weighted by Crippen LogP contribution is 2.24. The highest BCUT2D eigenvalue weighted by molar-refractivity contribution is 7.15. The van der Waals surface area contributed by atoms with E-state index in [0.717, 1.165) is 11.4 Å². The van der Waals surface area contributed by atoms with Gasteiger partial charge in [-0.2, -0.15) is 0 Å².